The molecule has 2 rings (SSSR count). The number of likely N-dealkylation sites (tertiary alicyclic amines) is 1. The van der Waals surface area contributed by atoms with Gasteiger partial charge in [0, 0.05) is 19.0 Å². The molecule has 5 atom stereocenters. The third kappa shape index (κ3) is 7.44. The molecule has 2 fully saturated rings. The average Bonchev–Trinajstić information content (AvgIpc) is 3.46. The van der Waals surface area contributed by atoms with Crippen LogP contribution in [0.1, 0.15) is 19.3 Å². The van der Waals surface area contributed by atoms with Gasteiger partial charge in [0.05, 0.1) is 89.7 Å². The van der Waals surface area contributed by atoms with Crippen LogP contribution >= 0.6 is 0 Å². The van der Waals surface area contributed by atoms with Crippen LogP contribution in [0.5, 0.6) is 0 Å². The van der Waals surface area contributed by atoms with E-state index < -0.39 is 87.8 Å². The van der Waals surface area contributed by atoms with Crippen molar-refractivity contribution in [2.75, 3.05) is 20.2 Å². The van der Waals surface area contributed by atoms with E-state index in [4.69, 9.17) is 70.6 Å². The van der Waals surface area contributed by atoms with Crippen molar-refractivity contribution in [2.45, 2.75) is 58.9 Å². The third-order valence-corrected chi connectivity index (χ3v) is 7.68. The minimum Gasteiger partial charge on any atom is -0.453 e. The van der Waals surface area contributed by atoms with Gasteiger partial charge in [0.25, 0.3) is 0 Å². The maximum Gasteiger partial charge on any atom is 0.407 e. The van der Waals surface area contributed by atoms with Crippen LogP contribution in [0.2, 0.25) is 15.3 Å². The van der Waals surface area contributed by atoms with E-state index >= 15 is 0 Å². The van der Waals surface area contributed by atoms with Gasteiger partial charge >= 0.3 is 12.3 Å². The predicted octanol–water partition coefficient (Wildman–Crippen LogP) is -3.25. The second-order valence-electron chi connectivity index (χ2n) is 10.9. The molecule has 3 unspecified atom stereocenters. The monoisotopic (exact) mass is 579 g/mol. The summed E-state index contributed by atoms with van der Waals surface area (Å²) in [6.07, 6.45) is -7.15. The van der Waals surface area contributed by atoms with Gasteiger partial charge < -0.3 is 25.6 Å². The minimum atomic E-state index is -4.93. The summed E-state index contributed by atoms with van der Waals surface area (Å²) in [4.78, 5) is 52.2. The van der Waals surface area contributed by atoms with Crippen LogP contribution in [0.25, 0.3) is 0 Å². The number of alkyl carbamates (subject to hydrolysis) is 1. The number of rotatable bonds is 10. The largest absolute Gasteiger partial charge is 0.453 e. The molecule has 2 aliphatic heterocycles. The number of alkyl halides is 3. The summed E-state index contributed by atoms with van der Waals surface area (Å²) in [6.45, 7) is -0.824. The van der Waals surface area contributed by atoms with Crippen molar-refractivity contribution in [1.29, 1.82) is 5.26 Å². The number of methoxy groups -OCH3 is 1. The molecule has 10 nitrogen and oxygen atoms in total. The first-order chi connectivity index (χ1) is 19.4. The summed E-state index contributed by atoms with van der Waals surface area (Å²) in [5, 5.41) is 7.45. The lowest BCUT2D eigenvalue weighted by Gasteiger charge is -2.68. The van der Waals surface area contributed by atoms with Gasteiger partial charge in [-0.25, -0.2) is 4.79 Å². The minimum absolute atomic E-state index is 0.158. The van der Waals surface area contributed by atoms with Crippen LogP contribution in [0.3, 0.4) is 0 Å². The van der Waals surface area contributed by atoms with Gasteiger partial charge in [-0.1, -0.05) is 5.41 Å². The molecule has 208 valence electrons. The number of nitrogens with one attached hydrogen (secondary N) is 3. The highest BCUT2D eigenvalue weighted by Gasteiger charge is 2.62. The van der Waals surface area contributed by atoms with Gasteiger partial charge in [0.1, 0.15) is 18.1 Å². The molecule has 18 radical (unpaired) electrons. The molecule has 0 saturated carbocycles. The van der Waals surface area contributed by atoms with E-state index in [1.165, 1.54) is 0 Å². The van der Waals surface area contributed by atoms with Crippen LogP contribution in [-0.2, 0) is 19.1 Å². The summed E-state index contributed by atoms with van der Waals surface area (Å²) in [7, 11) is 53.9. The fraction of sp³-hybridized carbons (Fsp3) is 0.762. The normalized spacial score (nSPS) is 23.0. The van der Waals surface area contributed by atoms with Crippen molar-refractivity contribution < 1.29 is 37.1 Å². The van der Waals surface area contributed by atoms with Crippen molar-refractivity contribution in [3.8, 4) is 6.07 Å². The number of ether oxygens (including phenoxy) is 1. The maximum atomic E-state index is 14.1. The zero-order valence-corrected chi connectivity index (χ0v) is 23.2. The summed E-state index contributed by atoms with van der Waals surface area (Å²) >= 11 is 0. The summed E-state index contributed by atoms with van der Waals surface area (Å²) in [5.74, 6) is -6.06. The summed E-state index contributed by atoms with van der Waals surface area (Å²) in [6, 6.07) is -4.01. The maximum absolute atomic E-state index is 14.1. The first kappa shape index (κ1) is 36.7. The SMILES string of the molecule is [B]C([B])([B])C([C@H](NC(=O)OC)C(=O)N1CC(C(F)(F)F)C[C@H]1C(=O)NC(C#N)CC1CCNC1=O)(C([B])([B])[B])C([B])([B])[B]. The highest BCUT2D eigenvalue weighted by Crippen LogP contribution is 2.63. The molecule has 22 heteroatoms. The van der Waals surface area contributed by atoms with Gasteiger partial charge in [0.15, 0.2) is 0 Å². The first-order valence-electron chi connectivity index (χ1n) is 12.7. The quantitative estimate of drug-likeness (QED) is 0.233. The molecular weight excluding hydrogens is 557 g/mol. The van der Waals surface area contributed by atoms with E-state index in [9.17, 15) is 37.6 Å². The Balaban J connectivity index is 2.65. The average molecular weight is 578 g/mol. The lowest BCUT2D eigenvalue weighted by Crippen LogP contribution is -2.71. The molecule has 3 N–H and O–H groups in total. The Morgan fingerprint density at radius 2 is 1.58 bits per heavy atom. The van der Waals surface area contributed by atoms with Crippen LogP contribution in [-0.4, -0.2) is 144 Å². The molecule has 2 aliphatic rings. The lowest BCUT2D eigenvalue weighted by atomic mass is 9.08. The van der Waals surface area contributed by atoms with E-state index in [1.807, 2.05) is 5.32 Å². The van der Waals surface area contributed by atoms with Gasteiger partial charge in [-0.2, -0.15) is 18.4 Å². The molecule has 0 aromatic rings. The standard InChI is InChI=1S/C21H21B9F3N5O5/c1-43-16(42)37-12(17(19(22,23)24,20(25,26)27)21(28,29)30)15(41)38-7-9(18(31,32)33)5-11(38)14(40)36-10(6-34)4-8-2-3-35-13(8)39/h8-12H,2-5,7H2,1H3,(H,35,39)(H,36,40)(H,37,42)/t8?,9?,10?,11-,12+/m0/s1. The Kier molecular flexibility index (Phi) is 11.0. The van der Waals surface area contributed by atoms with E-state index in [1.54, 1.807) is 6.07 Å². The van der Waals surface area contributed by atoms with Crippen molar-refractivity contribution >= 4 is 94.4 Å². The zero-order valence-electron chi connectivity index (χ0n) is 23.2. The van der Waals surface area contributed by atoms with Gasteiger partial charge in [-0.05, 0) is 19.3 Å². The zero-order chi connectivity index (χ0) is 33.3. The molecule has 0 spiro atoms. The Bertz CT molecular complexity index is 1100. The Morgan fingerprint density at radius 3 is 1.98 bits per heavy atom. The summed E-state index contributed by atoms with van der Waals surface area (Å²) < 4.78 is 46.2. The predicted molar refractivity (Wildman–Crippen MR) is 155 cm³/mol. The number of hydrogen-bond acceptors (Lipinski definition) is 6. The van der Waals surface area contributed by atoms with Crippen molar-refractivity contribution in [3.05, 3.63) is 0 Å². The van der Waals surface area contributed by atoms with E-state index in [0.717, 1.165) is 7.11 Å². The molecule has 2 heterocycles. The highest BCUT2D eigenvalue weighted by molar-refractivity contribution is 6.70. The number of nitriles is 1. The smallest absolute Gasteiger partial charge is 0.407 e. The number of carbonyl (C=O) groups is 4. The number of halogens is 3. The van der Waals surface area contributed by atoms with Gasteiger partial charge in [-0.15, -0.1) is 15.3 Å². The Morgan fingerprint density at radius 1 is 1.05 bits per heavy atom. The van der Waals surface area contributed by atoms with E-state index in [-0.39, 0.29) is 12.3 Å². The number of amides is 4. The van der Waals surface area contributed by atoms with E-state index in [2.05, 4.69) is 15.4 Å². The van der Waals surface area contributed by atoms with Crippen LogP contribution in [0.4, 0.5) is 18.0 Å². The third-order valence-electron chi connectivity index (χ3n) is 7.68. The Labute approximate surface area is 259 Å². The number of hydrogen-bond donors (Lipinski definition) is 3. The Hall–Kier alpha value is -2.46. The first-order valence-corrected chi connectivity index (χ1v) is 12.7. The molecule has 0 bridgehead atoms. The fourth-order valence-corrected chi connectivity index (χ4v) is 5.70. The van der Waals surface area contributed by atoms with Crippen molar-refractivity contribution in [2.24, 2.45) is 17.3 Å². The molecule has 43 heavy (non-hydrogen) atoms. The molecular formula is C21H21B9F3N5O5. The topological polar surface area (TPSA) is 141 Å². The number of nitrogens with zero attached hydrogens (tertiary/aromatic N) is 2. The number of carbonyl (C=O) groups excluding carboxylic acids is 4. The van der Waals surface area contributed by atoms with Crippen LogP contribution in [0, 0.1) is 28.6 Å². The highest BCUT2D eigenvalue weighted by atomic mass is 19.4. The molecule has 0 aromatic heterocycles. The molecule has 2 saturated heterocycles. The summed E-state index contributed by atoms with van der Waals surface area (Å²) in [5.41, 5.74) is -3.10. The van der Waals surface area contributed by atoms with Gasteiger partial charge in [0.2, 0.25) is 17.7 Å². The fourth-order valence-electron chi connectivity index (χ4n) is 5.70. The van der Waals surface area contributed by atoms with E-state index in [0.29, 0.717) is 17.9 Å². The van der Waals surface area contributed by atoms with Gasteiger partial charge in [-0.3, -0.25) is 14.4 Å². The molecule has 0 aromatic carbocycles. The molecule has 0 aliphatic carbocycles. The second-order valence-corrected chi connectivity index (χ2v) is 10.9. The van der Waals surface area contributed by atoms with Crippen LogP contribution in [0.15, 0.2) is 0 Å². The molecule has 4 amide bonds. The lowest BCUT2D eigenvalue weighted by molar-refractivity contribution is -0.171. The second kappa shape index (κ2) is 12.9. The van der Waals surface area contributed by atoms with Crippen molar-refractivity contribution in [1.82, 2.24) is 20.9 Å². The van der Waals surface area contributed by atoms with Crippen LogP contribution < -0.4 is 16.0 Å². The van der Waals surface area contributed by atoms with Crippen molar-refractivity contribution in [3.63, 3.8) is 0 Å².